The van der Waals surface area contributed by atoms with Gasteiger partial charge in [0, 0.05) is 5.56 Å². The number of hydroxylamine groups is 1. The second kappa shape index (κ2) is 10.6. The van der Waals surface area contributed by atoms with Crippen molar-refractivity contribution in [3.8, 4) is 5.75 Å². The first kappa shape index (κ1) is 22.9. The summed E-state index contributed by atoms with van der Waals surface area (Å²) in [7, 11) is 1.57. The van der Waals surface area contributed by atoms with Gasteiger partial charge in [-0.1, -0.05) is 47.7 Å². The fraction of sp³-hybridized carbons (Fsp3) is 0.200. The molecule has 0 aliphatic heterocycles. The van der Waals surface area contributed by atoms with Crippen molar-refractivity contribution in [2.45, 2.75) is 25.4 Å². The molecule has 0 spiro atoms. The molecule has 3 N–H and O–H groups in total. The Labute approximate surface area is 196 Å². The zero-order valence-corrected chi connectivity index (χ0v) is 18.6. The highest BCUT2D eigenvalue weighted by molar-refractivity contribution is 5.94. The zero-order chi connectivity index (χ0) is 23.9. The molecule has 0 radical (unpaired) electrons. The van der Waals surface area contributed by atoms with E-state index in [1.807, 2.05) is 36.4 Å². The van der Waals surface area contributed by atoms with E-state index in [4.69, 9.17) is 9.94 Å². The van der Waals surface area contributed by atoms with E-state index in [0.717, 1.165) is 16.3 Å². The first-order chi connectivity index (χ1) is 16.6. The van der Waals surface area contributed by atoms with Crippen LogP contribution in [0.15, 0.2) is 72.9 Å². The molecule has 0 fully saturated rings. The van der Waals surface area contributed by atoms with E-state index in [2.05, 4.69) is 21.7 Å². The average molecular weight is 460 g/mol. The Morgan fingerprint density at radius 1 is 1.06 bits per heavy atom. The van der Waals surface area contributed by atoms with Gasteiger partial charge in [0.2, 0.25) is 5.91 Å². The number of benzene rings is 3. The number of hydrogen-bond acceptors (Lipinski definition) is 6. The van der Waals surface area contributed by atoms with Crippen molar-refractivity contribution in [2.24, 2.45) is 0 Å². The van der Waals surface area contributed by atoms with E-state index >= 15 is 0 Å². The molecular weight excluding hydrogens is 434 g/mol. The molecule has 4 rings (SSSR count). The summed E-state index contributed by atoms with van der Waals surface area (Å²) in [5.74, 6) is -0.0934. The van der Waals surface area contributed by atoms with Gasteiger partial charge in [0.1, 0.15) is 11.4 Å². The Balaban J connectivity index is 1.45. The van der Waals surface area contributed by atoms with E-state index in [1.165, 1.54) is 0 Å². The largest absolute Gasteiger partial charge is 0.497 e. The summed E-state index contributed by atoms with van der Waals surface area (Å²) < 4.78 is 6.70. The van der Waals surface area contributed by atoms with Crippen LogP contribution in [-0.2, 0) is 17.8 Å². The molecule has 0 unspecified atom stereocenters. The van der Waals surface area contributed by atoms with Crippen LogP contribution in [0.2, 0.25) is 0 Å². The summed E-state index contributed by atoms with van der Waals surface area (Å²) in [6.45, 7) is 0.180. The van der Waals surface area contributed by atoms with E-state index in [1.54, 1.807) is 47.7 Å². The predicted molar refractivity (Wildman–Crippen MR) is 125 cm³/mol. The number of nitrogens with one attached hydrogen (secondary N) is 2. The standard InChI is InChI=1S/C25H25N5O4/c1-34-23-10-8-19(9-11-23)25(32)26-15-21-16-30(29-27-21)22(14-24(31)28-33)13-17-6-7-18-4-2-3-5-20(18)12-17/h2-12,16,22,33H,13-15H2,1H3,(H,26,32)(H,28,31)/t22-/m1/s1. The first-order valence-corrected chi connectivity index (χ1v) is 10.8. The fourth-order valence-electron chi connectivity index (χ4n) is 3.74. The molecule has 9 heteroatoms. The maximum Gasteiger partial charge on any atom is 0.251 e. The number of amides is 2. The third kappa shape index (κ3) is 5.57. The highest BCUT2D eigenvalue weighted by atomic mass is 16.5. The molecule has 0 aliphatic carbocycles. The number of methoxy groups -OCH3 is 1. The summed E-state index contributed by atoms with van der Waals surface area (Å²) in [4.78, 5) is 24.3. The van der Waals surface area contributed by atoms with Crippen LogP contribution >= 0.6 is 0 Å². The second-order valence-electron chi connectivity index (χ2n) is 7.88. The van der Waals surface area contributed by atoms with Gasteiger partial charge in [-0.15, -0.1) is 5.10 Å². The molecule has 34 heavy (non-hydrogen) atoms. The van der Waals surface area contributed by atoms with Crippen LogP contribution in [0.1, 0.15) is 34.1 Å². The van der Waals surface area contributed by atoms with E-state index < -0.39 is 5.91 Å². The number of hydrogen-bond donors (Lipinski definition) is 3. The summed E-state index contributed by atoms with van der Waals surface area (Å²) in [6.07, 6.45) is 2.23. The van der Waals surface area contributed by atoms with Crippen molar-refractivity contribution in [3.63, 3.8) is 0 Å². The third-order valence-corrected chi connectivity index (χ3v) is 5.55. The lowest BCUT2D eigenvalue weighted by atomic mass is 10.00. The molecule has 4 aromatic rings. The van der Waals surface area contributed by atoms with Crippen LogP contribution in [0.25, 0.3) is 10.8 Å². The number of aromatic nitrogens is 3. The van der Waals surface area contributed by atoms with Crippen molar-refractivity contribution in [3.05, 3.63) is 89.7 Å². The second-order valence-corrected chi connectivity index (χ2v) is 7.88. The van der Waals surface area contributed by atoms with Gasteiger partial charge in [0.15, 0.2) is 0 Å². The van der Waals surface area contributed by atoms with Gasteiger partial charge < -0.3 is 10.1 Å². The van der Waals surface area contributed by atoms with Gasteiger partial charge in [-0.25, -0.2) is 10.2 Å². The van der Waals surface area contributed by atoms with Gasteiger partial charge in [-0.2, -0.15) is 0 Å². The first-order valence-electron chi connectivity index (χ1n) is 10.8. The quantitative estimate of drug-likeness (QED) is 0.262. The third-order valence-electron chi connectivity index (χ3n) is 5.55. The lowest BCUT2D eigenvalue weighted by Gasteiger charge is -2.16. The number of ether oxygens (including phenoxy) is 1. The van der Waals surface area contributed by atoms with Crippen LogP contribution in [0.3, 0.4) is 0 Å². The maximum absolute atomic E-state index is 12.4. The van der Waals surface area contributed by atoms with Crippen molar-refractivity contribution >= 4 is 22.6 Å². The molecule has 2 amide bonds. The highest BCUT2D eigenvalue weighted by Crippen LogP contribution is 2.22. The molecule has 0 saturated carbocycles. The SMILES string of the molecule is COc1ccc(C(=O)NCc2cn([C@@H](CC(=O)NO)Cc3ccc4ccccc4c3)nn2)cc1. The maximum atomic E-state index is 12.4. The lowest BCUT2D eigenvalue weighted by Crippen LogP contribution is -2.25. The molecule has 3 aromatic carbocycles. The number of rotatable bonds is 9. The molecule has 0 aliphatic rings. The zero-order valence-electron chi connectivity index (χ0n) is 18.6. The normalized spacial score (nSPS) is 11.7. The molecule has 1 heterocycles. The molecular formula is C25H25N5O4. The monoisotopic (exact) mass is 459 g/mol. The number of carbonyl (C=O) groups excluding carboxylic acids is 2. The van der Waals surface area contributed by atoms with E-state index in [9.17, 15) is 9.59 Å². The number of nitrogens with zero attached hydrogens (tertiary/aromatic N) is 3. The average Bonchev–Trinajstić information content (AvgIpc) is 3.36. The summed E-state index contributed by atoms with van der Waals surface area (Å²) in [5.41, 5.74) is 3.77. The van der Waals surface area contributed by atoms with E-state index in [0.29, 0.717) is 23.4 Å². The minimum atomic E-state index is -0.518. The Bertz CT molecular complexity index is 1290. The molecule has 1 aromatic heterocycles. The Hall–Kier alpha value is -4.24. The van der Waals surface area contributed by atoms with Crippen LogP contribution in [-0.4, -0.2) is 39.1 Å². The van der Waals surface area contributed by atoms with Crippen LogP contribution in [0.4, 0.5) is 0 Å². The van der Waals surface area contributed by atoms with Crippen LogP contribution in [0.5, 0.6) is 5.75 Å². The van der Waals surface area contributed by atoms with Crippen molar-refractivity contribution in [2.75, 3.05) is 7.11 Å². The fourth-order valence-corrected chi connectivity index (χ4v) is 3.74. The topological polar surface area (TPSA) is 118 Å². The highest BCUT2D eigenvalue weighted by Gasteiger charge is 2.19. The van der Waals surface area contributed by atoms with Crippen LogP contribution < -0.4 is 15.5 Å². The minimum absolute atomic E-state index is 0.0182. The van der Waals surface area contributed by atoms with Gasteiger partial charge in [-0.3, -0.25) is 14.8 Å². The lowest BCUT2D eigenvalue weighted by molar-refractivity contribution is -0.130. The van der Waals surface area contributed by atoms with Crippen molar-refractivity contribution < 1.29 is 19.5 Å². The predicted octanol–water partition coefficient (Wildman–Crippen LogP) is 3.05. The summed E-state index contributed by atoms with van der Waals surface area (Å²) in [5, 5.41) is 22.4. The molecule has 9 nitrogen and oxygen atoms in total. The van der Waals surface area contributed by atoms with Crippen molar-refractivity contribution in [1.29, 1.82) is 0 Å². The number of carbonyl (C=O) groups is 2. The van der Waals surface area contributed by atoms with Gasteiger partial charge >= 0.3 is 0 Å². The molecule has 174 valence electrons. The molecule has 0 saturated heterocycles. The number of fused-ring (bicyclic) bond motifs is 1. The summed E-state index contributed by atoms with van der Waals surface area (Å²) in [6, 6.07) is 20.6. The van der Waals surface area contributed by atoms with Gasteiger partial charge in [0.05, 0.1) is 32.3 Å². The molecule has 1 atom stereocenters. The van der Waals surface area contributed by atoms with E-state index in [-0.39, 0.29) is 24.9 Å². The minimum Gasteiger partial charge on any atom is -0.497 e. The van der Waals surface area contributed by atoms with Gasteiger partial charge in [0.25, 0.3) is 5.91 Å². The Morgan fingerprint density at radius 2 is 1.82 bits per heavy atom. The summed E-state index contributed by atoms with van der Waals surface area (Å²) >= 11 is 0. The molecule has 0 bridgehead atoms. The Kier molecular flexibility index (Phi) is 7.14. The Morgan fingerprint density at radius 3 is 2.56 bits per heavy atom. The van der Waals surface area contributed by atoms with Crippen molar-refractivity contribution in [1.82, 2.24) is 25.8 Å². The van der Waals surface area contributed by atoms with Crippen LogP contribution in [0, 0.1) is 0 Å². The van der Waals surface area contributed by atoms with Gasteiger partial charge in [-0.05, 0) is 47.0 Å². The smallest absolute Gasteiger partial charge is 0.251 e.